The Labute approximate surface area is 97.8 Å². The smallest absolute Gasteiger partial charge is 0.364 e. The second kappa shape index (κ2) is 4.84. The molecule has 100 valence electrons. The largest absolute Gasteiger partial charge is 0.477 e. The van der Waals surface area contributed by atoms with Crippen LogP contribution in [0.2, 0.25) is 0 Å². The molecule has 0 radical (unpaired) electrons. The minimum Gasteiger partial charge on any atom is -0.477 e. The Kier molecular flexibility index (Phi) is 4.07. The van der Waals surface area contributed by atoms with E-state index in [1.807, 2.05) is 0 Å². The van der Waals surface area contributed by atoms with Crippen LogP contribution in [0.25, 0.3) is 0 Å². The number of aliphatic hydroxyl groups excluding tert-OH is 2. The van der Waals surface area contributed by atoms with Gasteiger partial charge in [0.25, 0.3) is 5.79 Å². The molecule has 0 spiro atoms. The molecule has 1 aliphatic heterocycles. The Morgan fingerprint density at radius 3 is 2.53 bits per heavy atom. The van der Waals surface area contributed by atoms with Gasteiger partial charge in [-0.15, -0.1) is 0 Å². The summed E-state index contributed by atoms with van der Waals surface area (Å²) >= 11 is 0. The van der Waals surface area contributed by atoms with Crippen LogP contribution in [0.4, 0.5) is 0 Å². The zero-order valence-electron chi connectivity index (χ0n) is 9.35. The highest BCUT2D eigenvalue weighted by atomic mass is 16.7. The molecule has 17 heavy (non-hydrogen) atoms. The number of hydrogen-bond donors (Lipinski definition) is 6. The maximum Gasteiger partial charge on any atom is 0.364 e. The van der Waals surface area contributed by atoms with E-state index in [9.17, 15) is 20.1 Å². The molecule has 0 aromatic rings. The van der Waals surface area contributed by atoms with Gasteiger partial charge >= 0.3 is 5.97 Å². The molecule has 1 rings (SSSR count). The van der Waals surface area contributed by atoms with Crippen molar-refractivity contribution in [3.05, 3.63) is 0 Å². The van der Waals surface area contributed by atoms with Crippen molar-refractivity contribution in [1.82, 2.24) is 0 Å². The number of hydrogen-bond acceptors (Lipinski definition) is 7. The molecular weight excluding hydrogens is 232 g/mol. The molecule has 6 atom stereocenters. The number of carbonyl (C=O) groups is 1. The number of carboxylic acid groups (broad SMARTS) is 1. The van der Waals surface area contributed by atoms with Crippen LogP contribution in [0.15, 0.2) is 0 Å². The number of aliphatic hydroxyl groups is 3. The van der Waals surface area contributed by atoms with Gasteiger partial charge in [-0.25, -0.2) is 4.79 Å². The van der Waals surface area contributed by atoms with E-state index >= 15 is 0 Å². The Morgan fingerprint density at radius 1 is 1.59 bits per heavy atom. The first-order chi connectivity index (χ1) is 7.69. The predicted octanol–water partition coefficient (Wildman–Crippen LogP) is -3.06. The summed E-state index contributed by atoms with van der Waals surface area (Å²) in [7, 11) is 0. The van der Waals surface area contributed by atoms with Crippen molar-refractivity contribution in [2.75, 3.05) is 0 Å². The van der Waals surface area contributed by atoms with Gasteiger partial charge in [0, 0.05) is 6.42 Å². The van der Waals surface area contributed by atoms with Crippen molar-refractivity contribution in [2.24, 2.45) is 11.5 Å². The van der Waals surface area contributed by atoms with Gasteiger partial charge in [-0.1, -0.05) is 0 Å². The summed E-state index contributed by atoms with van der Waals surface area (Å²) in [6.45, 7) is 1.38. The molecule has 0 aromatic carbocycles. The highest BCUT2D eigenvalue weighted by Crippen LogP contribution is 2.28. The lowest BCUT2D eigenvalue weighted by atomic mass is 9.89. The standard InChI is InChI=1S/C9H18N2O6/c1-3(12)5(10)7-6(11)4(13)2-9(16,17-7)8(14)15/h3-7,12-13,16H,2,10-11H2,1H3,(H,14,15)/t3-,4-,5-,6-,7-,9-/m0/s1. The van der Waals surface area contributed by atoms with Crippen molar-refractivity contribution in [1.29, 1.82) is 0 Å². The lowest BCUT2D eigenvalue weighted by Crippen LogP contribution is -2.66. The molecule has 8 heteroatoms. The van der Waals surface area contributed by atoms with Crippen molar-refractivity contribution < 1.29 is 30.0 Å². The minimum atomic E-state index is -2.54. The first-order valence-electron chi connectivity index (χ1n) is 5.20. The maximum absolute atomic E-state index is 10.8. The third-order valence-electron chi connectivity index (χ3n) is 2.91. The van der Waals surface area contributed by atoms with Gasteiger partial charge in [-0.05, 0) is 6.92 Å². The highest BCUT2D eigenvalue weighted by molar-refractivity contribution is 5.75. The van der Waals surface area contributed by atoms with E-state index in [4.69, 9.17) is 21.3 Å². The van der Waals surface area contributed by atoms with Gasteiger partial charge in [0.2, 0.25) is 0 Å². The predicted molar refractivity (Wildman–Crippen MR) is 55.7 cm³/mol. The third kappa shape index (κ3) is 2.73. The molecule has 1 heterocycles. The van der Waals surface area contributed by atoms with Crippen LogP contribution in [0.3, 0.4) is 0 Å². The summed E-state index contributed by atoms with van der Waals surface area (Å²) in [6.07, 6.45) is -4.00. The zero-order chi connectivity index (χ0) is 13.4. The third-order valence-corrected chi connectivity index (χ3v) is 2.91. The molecule has 1 fully saturated rings. The Hall–Kier alpha value is -0.770. The molecule has 0 unspecified atom stereocenters. The van der Waals surface area contributed by atoms with Crippen molar-refractivity contribution in [3.8, 4) is 0 Å². The second-order valence-corrected chi connectivity index (χ2v) is 4.34. The molecule has 0 bridgehead atoms. The maximum atomic E-state index is 10.8. The second-order valence-electron chi connectivity index (χ2n) is 4.34. The van der Waals surface area contributed by atoms with Crippen LogP contribution in [-0.4, -0.2) is 62.6 Å². The van der Waals surface area contributed by atoms with E-state index < -0.39 is 48.6 Å². The summed E-state index contributed by atoms with van der Waals surface area (Å²) < 4.78 is 4.93. The van der Waals surface area contributed by atoms with Gasteiger partial charge in [0.15, 0.2) is 0 Å². The van der Waals surface area contributed by atoms with E-state index in [0.717, 1.165) is 0 Å². The average Bonchev–Trinajstić information content (AvgIpc) is 2.22. The van der Waals surface area contributed by atoms with Crippen LogP contribution in [0.1, 0.15) is 13.3 Å². The first-order valence-corrected chi connectivity index (χ1v) is 5.20. The van der Waals surface area contributed by atoms with Crippen LogP contribution in [0.5, 0.6) is 0 Å². The van der Waals surface area contributed by atoms with E-state index in [1.165, 1.54) is 6.92 Å². The highest BCUT2D eigenvalue weighted by Gasteiger charge is 2.51. The fourth-order valence-electron chi connectivity index (χ4n) is 1.74. The van der Waals surface area contributed by atoms with Crippen LogP contribution in [0, 0.1) is 0 Å². The van der Waals surface area contributed by atoms with Gasteiger partial charge < -0.3 is 36.6 Å². The Morgan fingerprint density at radius 2 is 2.12 bits per heavy atom. The number of rotatable bonds is 3. The van der Waals surface area contributed by atoms with Crippen LogP contribution >= 0.6 is 0 Å². The zero-order valence-corrected chi connectivity index (χ0v) is 9.35. The SMILES string of the molecule is C[C@H](O)[C@H](N)[C@@H]1O[C@](O)(C(=O)O)C[C@H](O)[C@@H]1N. The van der Waals surface area contributed by atoms with Gasteiger partial charge in [-0.3, -0.25) is 0 Å². The van der Waals surface area contributed by atoms with Gasteiger partial charge in [-0.2, -0.15) is 0 Å². The lowest BCUT2D eigenvalue weighted by molar-refractivity contribution is -0.279. The number of aliphatic carboxylic acids is 1. The number of nitrogens with two attached hydrogens (primary N) is 2. The van der Waals surface area contributed by atoms with E-state index in [0.29, 0.717) is 0 Å². The van der Waals surface area contributed by atoms with E-state index in [1.54, 1.807) is 0 Å². The topological polar surface area (TPSA) is 159 Å². The normalized spacial score (nSPS) is 41.9. The number of ether oxygens (including phenoxy) is 1. The Bertz CT molecular complexity index is 295. The molecule has 8 N–H and O–H groups in total. The summed E-state index contributed by atoms with van der Waals surface area (Å²) in [4.78, 5) is 10.8. The van der Waals surface area contributed by atoms with Crippen LogP contribution < -0.4 is 11.5 Å². The lowest BCUT2D eigenvalue weighted by Gasteiger charge is -2.43. The van der Waals surface area contributed by atoms with Crippen molar-refractivity contribution in [2.45, 2.75) is 49.5 Å². The molecule has 0 aliphatic carbocycles. The molecular formula is C9H18N2O6. The molecule has 0 aromatic heterocycles. The molecule has 0 saturated carbocycles. The average molecular weight is 250 g/mol. The fourth-order valence-corrected chi connectivity index (χ4v) is 1.74. The molecule has 1 saturated heterocycles. The van der Waals surface area contributed by atoms with E-state index in [2.05, 4.69) is 0 Å². The Balaban J connectivity index is 2.93. The van der Waals surface area contributed by atoms with Crippen molar-refractivity contribution in [3.63, 3.8) is 0 Å². The first kappa shape index (κ1) is 14.3. The summed E-state index contributed by atoms with van der Waals surface area (Å²) in [5.74, 6) is -4.17. The molecule has 8 nitrogen and oxygen atoms in total. The summed E-state index contributed by atoms with van der Waals surface area (Å²) in [6, 6.07) is -1.98. The fraction of sp³-hybridized carbons (Fsp3) is 0.889. The number of carboxylic acids is 1. The monoisotopic (exact) mass is 250 g/mol. The minimum absolute atomic E-state index is 0.549. The van der Waals surface area contributed by atoms with E-state index in [-0.39, 0.29) is 0 Å². The molecule has 1 aliphatic rings. The summed E-state index contributed by atoms with van der Waals surface area (Å²) in [5.41, 5.74) is 11.2. The summed E-state index contributed by atoms with van der Waals surface area (Å²) in [5, 5.41) is 37.4. The van der Waals surface area contributed by atoms with Gasteiger partial charge in [0.1, 0.15) is 0 Å². The van der Waals surface area contributed by atoms with Crippen LogP contribution in [-0.2, 0) is 9.53 Å². The van der Waals surface area contributed by atoms with Gasteiger partial charge in [0.05, 0.1) is 30.4 Å². The molecule has 0 amide bonds. The quantitative estimate of drug-likeness (QED) is 0.308. The van der Waals surface area contributed by atoms with Crippen molar-refractivity contribution >= 4 is 5.97 Å².